The maximum Gasteiger partial charge on any atom is 0.435 e. The Morgan fingerprint density at radius 2 is 1.88 bits per heavy atom. The molecule has 1 N–H and O–H groups in total. The van der Waals surface area contributed by atoms with Gasteiger partial charge < -0.3 is 19.7 Å². The average molecular weight is 590 g/mol. The van der Waals surface area contributed by atoms with Gasteiger partial charge in [0.25, 0.3) is 5.91 Å². The number of carbonyl (C=O) groups is 1. The number of aromatic nitrogens is 2. The van der Waals surface area contributed by atoms with Crippen LogP contribution in [0.2, 0.25) is 0 Å². The fraction of sp³-hybridized carbons (Fsp3) is 0.483. The smallest absolute Gasteiger partial charge is 0.379 e. The molecular formula is C29H34F3N5O3S. The minimum Gasteiger partial charge on any atom is -0.379 e. The van der Waals surface area contributed by atoms with Crippen molar-refractivity contribution in [1.29, 1.82) is 0 Å². The molecule has 8 nitrogen and oxygen atoms in total. The molecule has 0 saturated carbocycles. The van der Waals surface area contributed by atoms with Gasteiger partial charge in [-0.2, -0.15) is 13.2 Å². The first-order chi connectivity index (χ1) is 19.7. The molecule has 3 aromatic rings. The van der Waals surface area contributed by atoms with Crippen LogP contribution in [-0.2, 0) is 28.6 Å². The molecule has 12 heteroatoms. The van der Waals surface area contributed by atoms with Crippen molar-refractivity contribution in [3.05, 3.63) is 64.3 Å². The van der Waals surface area contributed by atoms with Crippen LogP contribution >= 0.6 is 11.3 Å². The summed E-state index contributed by atoms with van der Waals surface area (Å²) in [5.74, 6) is -0.793. The number of benzene rings is 1. The SMILES string of the molecule is CC1CN(c2cccc(CCNC(=O)c3sc(-c4ncccc4CN4CCOCC4)nc3C(F)(F)F)c2)C[C@H](C)O1. The number of alkyl halides is 3. The van der Waals surface area contributed by atoms with Crippen LogP contribution in [0.4, 0.5) is 18.9 Å². The molecule has 0 bridgehead atoms. The number of hydrogen-bond acceptors (Lipinski definition) is 8. The van der Waals surface area contributed by atoms with Crippen molar-refractivity contribution < 1.29 is 27.4 Å². The Labute approximate surface area is 241 Å². The van der Waals surface area contributed by atoms with Crippen LogP contribution in [0.5, 0.6) is 0 Å². The summed E-state index contributed by atoms with van der Waals surface area (Å²) in [7, 11) is 0. The van der Waals surface area contributed by atoms with Crippen molar-refractivity contribution >= 4 is 22.9 Å². The topological polar surface area (TPSA) is 79.8 Å². The highest BCUT2D eigenvalue weighted by Crippen LogP contribution is 2.38. The summed E-state index contributed by atoms with van der Waals surface area (Å²) in [5.41, 5.74) is 1.97. The lowest BCUT2D eigenvalue weighted by Gasteiger charge is -2.37. The molecule has 1 unspecified atom stereocenters. The molecule has 2 aliphatic rings. The molecule has 0 aliphatic carbocycles. The minimum atomic E-state index is -4.78. The molecule has 2 fully saturated rings. The van der Waals surface area contributed by atoms with Crippen LogP contribution in [0.1, 0.15) is 40.3 Å². The van der Waals surface area contributed by atoms with Gasteiger partial charge in [0.05, 0.1) is 25.4 Å². The van der Waals surface area contributed by atoms with E-state index in [1.807, 2.05) is 38.1 Å². The second-order valence-electron chi connectivity index (χ2n) is 10.4. The Balaban J connectivity index is 1.28. The van der Waals surface area contributed by atoms with E-state index in [0.717, 1.165) is 54.3 Å². The number of anilines is 1. The van der Waals surface area contributed by atoms with Crippen LogP contribution in [0.25, 0.3) is 10.7 Å². The largest absolute Gasteiger partial charge is 0.435 e. The summed E-state index contributed by atoms with van der Waals surface area (Å²) in [6.07, 6.45) is -2.53. The molecule has 2 atom stereocenters. The van der Waals surface area contributed by atoms with Crippen molar-refractivity contribution in [2.75, 3.05) is 50.8 Å². The first-order valence-electron chi connectivity index (χ1n) is 13.8. The molecule has 2 saturated heterocycles. The summed E-state index contributed by atoms with van der Waals surface area (Å²) in [6.45, 7) is 9.00. The van der Waals surface area contributed by atoms with Crippen LogP contribution in [0, 0.1) is 0 Å². The number of nitrogens with zero attached hydrogens (tertiary/aromatic N) is 4. The third-order valence-electron chi connectivity index (χ3n) is 7.09. The van der Waals surface area contributed by atoms with E-state index in [0.29, 0.717) is 31.9 Å². The number of rotatable bonds is 8. The highest BCUT2D eigenvalue weighted by atomic mass is 32.1. The van der Waals surface area contributed by atoms with Gasteiger partial charge in [-0.1, -0.05) is 18.2 Å². The van der Waals surface area contributed by atoms with Crippen molar-refractivity contribution in [3.63, 3.8) is 0 Å². The predicted octanol–water partition coefficient (Wildman–Crippen LogP) is 4.64. The molecule has 2 aromatic heterocycles. The van der Waals surface area contributed by atoms with Gasteiger partial charge in [0, 0.05) is 51.2 Å². The number of halogens is 3. The van der Waals surface area contributed by atoms with Gasteiger partial charge in [-0.25, -0.2) is 4.98 Å². The lowest BCUT2D eigenvalue weighted by Crippen LogP contribution is -2.45. The first kappa shape index (κ1) is 29.4. The number of ether oxygens (including phenoxy) is 2. The van der Waals surface area contributed by atoms with Gasteiger partial charge in [0.2, 0.25) is 0 Å². The van der Waals surface area contributed by atoms with Crippen LogP contribution in [-0.4, -0.2) is 78.9 Å². The van der Waals surface area contributed by atoms with E-state index in [1.165, 1.54) is 6.20 Å². The van der Waals surface area contributed by atoms with Crippen molar-refractivity contribution in [1.82, 2.24) is 20.2 Å². The number of amides is 1. The van der Waals surface area contributed by atoms with Gasteiger partial charge in [-0.3, -0.25) is 14.7 Å². The number of morpholine rings is 2. The number of carbonyl (C=O) groups excluding carboxylic acids is 1. The van der Waals surface area contributed by atoms with E-state index in [4.69, 9.17) is 9.47 Å². The average Bonchev–Trinajstić information content (AvgIpc) is 3.40. The van der Waals surface area contributed by atoms with E-state index in [1.54, 1.807) is 6.07 Å². The molecule has 41 heavy (non-hydrogen) atoms. The summed E-state index contributed by atoms with van der Waals surface area (Å²) in [6, 6.07) is 11.6. The lowest BCUT2D eigenvalue weighted by atomic mass is 10.1. The zero-order valence-electron chi connectivity index (χ0n) is 23.1. The molecule has 220 valence electrons. The Morgan fingerprint density at radius 1 is 1.12 bits per heavy atom. The highest BCUT2D eigenvalue weighted by molar-refractivity contribution is 7.17. The molecule has 0 radical (unpaired) electrons. The summed E-state index contributed by atoms with van der Waals surface area (Å²) < 4.78 is 53.2. The van der Waals surface area contributed by atoms with Gasteiger partial charge in [-0.15, -0.1) is 11.3 Å². The molecular weight excluding hydrogens is 555 g/mol. The van der Waals surface area contributed by atoms with E-state index in [-0.39, 0.29) is 23.8 Å². The molecule has 4 heterocycles. The zero-order valence-corrected chi connectivity index (χ0v) is 23.9. The van der Waals surface area contributed by atoms with E-state index >= 15 is 0 Å². The van der Waals surface area contributed by atoms with E-state index < -0.39 is 22.7 Å². The normalized spacial score (nSPS) is 20.3. The standard InChI is InChI=1S/C29H34F3N5O3S/c1-19-16-37(17-20(2)40-19)23-7-3-5-21(15-23)8-10-34-27(38)25-26(29(30,31)32)35-28(41-25)24-22(6-4-9-33-24)18-36-11-13-39-14-12-36/h3-7,9,15,19-20H,8,10-14,16-18H2,1-2H3,(H,34,38)/t19-,20?/m0/s1. The molecule has 5 rings (SSSR count). The van der Waals surface area contributed by atoms with Crippen LogP contribution in [0.15, 0.2) is 42.6 Å². The summed E-state index contributed by atoms with van der Waals surface area (Å²) in [5, 5.41) is 2.75. The van der Waals surface area contributed by atoms with Crippen molar-refractivity contribution in [3.8, 4) is 10.7 Å². The monoisotopic (exact) mass is 589 g/mol. The number of thiazole rings is 1. The van der Waals surface area contributed by atoms with Crippen LogP contribution in [0.3, 0.4) is 0 Å². The first-order valence-corrected chi connectivity index (χ1v) is 14.6. The summed E-state index contributed by atoms with van der Waals surface area (Å²) in [4.78, 5) is 25.2. The Kier molecular flexibility index (Phi) is 9.22. The van der Waals surface area contributed by atoms with Gasteiger partial charge in [0.15, 0.2) is 5.69 Å². The molecule has 1 amide bonds. The Morgan fingerprint density at radius 3 is 2.61 bits per heavy atom. The highest BCUT2D eigenvalue weighted by Gasteiger charge is 2.40. The van der Waals surface area contributed by atoms with Gasteiger partial charge in [-0.05, 0) is 49.6 Å². The van der Waals surface area contributed by atoms with Crippen LogP contribution < -0.4 is 10.2 Å². The molecule has 2 aliphatic heterocycles. The predicted molar refractivity (Wildman–Crippen MR) is 151 cm³/mol. The maximum absolute atomic E-state index is 14.0. The third kappa shape index (κ3) is 7.42. The number of nitrogens with one attached hydrogen (secondary N) is 1. The molecule has 1 aromatic carbocycles. The fourth-order valence-corrected chi connectivity index (χ4v) is 6.26. The van der Waals surface area contributed by atoms with Gasteiger partial charge in [0.1, 0.15) is 15.6 Å². The lowest BCUT2D eigenvalue weighted by molar-refractivity contribution is -0.141. The minimum absolute atomic E-state index is 0.0769. The second-order valence-corrected chi connectivity index (χ2v) is 11.4. The second kappa shape index (κ2) is 12.8. The fourth-order valence-electron chi connectivity index (χ4n) is 5.22. The number of hydrogen-bond donors (Lipinski definition) is 1. The zero-order chi connectivity index (χ0) is 29.0. The van der Waals surface area contributed by atoms with Crippen molar-refractivity contribution in [2.24, 2.45) is 0 Å². The number of pyridine rings is 1. The van der Waals surface area contributed by atoms with E-state index in [2.05, 4.69) is 31.2 Å². The van der Waals surface area contributed by atoms with Crippen molar-refractivity contribution in [2.45, 2.75) is 45.2 Å². The summed E-state index contributed by atoms with van der Waals surface area (Å²) >= 11 is 0.724. The van der Waals surface area contributed by atoms with Gasteiger partial charge >= 0.3 is 6.18 Å². The molecule has 0 spiro atoms. The maximum atomic E-state index is 14.0. The Bertz CT molecular complexity index is 1340. The van der Waals surface area contributed by atoms with E-state index in [9.17, 15) is 18.0 Å². The third-order valence-corrected chi connectivity index (χ3v) is 8.15. The Hall–Kier alpha value is -3.06. The quantitative estimate of drug-likeness (QED) is 0.410.